The van der Waals surface area contributed by atoms with Crippen LogP contribution in [0.2, 0.25) is 0 Å². The smallest absolute Gasteiger partial charge is 0.382 e. The Balaban J connectivity index is 1.99. The van der Waals surface area contributed by atoms with Crippen molar-refractivity contribution in [2.45, 2.75) is 44.5 Å². The van der Waals surface area contributed by atoms with Gasteiger partial charge in [0.25, 0.3) is 0 Å². The number of methoxy groups -OCH3 is 1. The molecule has 2 rings (SSSR count). The third-order valence-electron chi connectivity index (χ3n) is 3.96. The van der Waals surface area contributed by atoms with Gasteiger partial charge in [-0.15, -0.1) is 0 Å². The topological polar surface area (TPSA) is 21.3 Å². The fourth-order valence-corrected chi connectivity index (χ4v) is 3.25. The van der Waals surface area contributed by atoms with Crippen LogP contribution in [-0.2, 0) is 11.3 Å². The van der Waals surface area contributed by atoms with E-state index in [9.17, 15) is 13.2 Å². The van der Waals surface area contributed by atoms with Crippen molar-refractivity contribution in [1.29, 1.82) is 0 Å². The van der Waals surface area contributed by atoms with E-state index in [1.807, 2.05) is 18.2 Å². The molecule has 0 aromatic heterocycles. The van der Waals surface area contributed by atoms with Crippen LogP contribution in [0.5, 0.6) is 0 Å². The molecule has 1 aromatic carbocycles. The van der Waals surface area contributed by atoms with E-state index in [-0.39, 0.29) is 18.9 Å². The fraction of sp³-hybridized carbons (Fsp3) is 0.600. The molecule has 1 N–H and O–H groups in total. The molecule has 1 aliphatic carbocycles. The summed E-state index contributed by atoms with van der Waals surface area (Å²) in [7, 11) is 1.62. The van der Waals surface area contributed by atoms with E-state index in [0.717, 1.165) is 15.7 Å². The predicted octanol–water partition coefficient (Wildman–Crippen LogP) is 5.13. The van der Waals surface area contributed by atoms with E-state index in [4.69, 9.17) is 4.74 Å². The molecular weight excluding hydrogens is 347 g/mol. The second-order valence-corrected chi connectivity index (χ2v) is 6.29. The summed E-state index contributed by atoms with van der Waals surface area (Å²) in [4.78, 5) is 0. The summed E-state index contributed by atoms with van der Waals surface area (Å²) in [5, 5.41) is 3.37. The monoisotopic (exact) mass is 365 g/mol. The summed E-state index contributed by atoms with van der Waals surface area (Å²) in [6.07, 6.45) is -2.56. The van der Waals surface area contributed by atoms with E-state index in [1.165, 1.54) is 0 Å². The molecule has 2 nitrogen and oxygen atoms in total. The van der Waals surface area contributed by atoms with Crippen LogP contribution in [0, 0.1) is 5.92 Å². The minimum atomic E-state index is -4.05. The van der Waals surface area contributed by atoms with E-state index in [0.29, 0.717) is 19.4 Å². The third-order valence-corrected chi connectivity index (χ3v) is 4.70. The van der Waals surface area contributed by atoms with Crippen molar-refractivity contribution in [2.24, 2.45) is 5.92 Å². The van der Waals surface area contributed by atoms with Crippen molar-refractivity contribution in [2.75, 3.05) is 12.4 Å². The lowest BCUT2D eigenvalue weighted by Gasteiger charge is -2.31. The maximum Gasteiger partial charge on any atom is 0.391 e. The molecule has 0 bridgehead atoms. The van der Waals surface area contributed by atoms with Gasteiger partial charge in [-0.05, 0) is 37.8 Å². The van der Waals surface area contributed by atoms with Crippen LogP contribution in [0.1, 0.15) is 31.2 Å². The van der Waals surface area contributed by atoms with Crippen molar-refractivity contribution in [3.8, 4) is 0 Å². The van der Waals surface area contributed by atoms with Gasteiger partial charge in [0.05, 0.1) is 12.5 Å². The van der Waals surface area contributed by atoms with Crippen LogP contribution in [0.4, 0.5) is 18.9 Å². The summed E-state index contributed by atoms with van der Waals surface area (Å²) in [6.45, 7) is 0.460. The molecule has 0 heterocycles. The molecule has 0 spiro atoms. The Bertz CT molecular complexity index is 470. The third kappa shape index (κ3) is 4.36. The number of hydrogen-bond donors (Lipinski definition) is 1. The number of benzene rings is 1. The average molecular weight is 366 g/mol. The number of nitrogens with one attached hydrogen (secondary N) is 1. The number of anilines is 1. The van der Waals surface area contributed by atoms with Crippen molar-refractivity contribution >= 4 is 21.6 Å². The molecule has 1 aliphatic rings. The van der Waals surface area contributed by atoms with Crippen molar-refractivity contribution < 1.29 is 17.9 Å². The first-order valence-electron chi connectivity index (χ1n) is 7.01. The Morgan fingerprint density at radius 3 is 2.48 bits per heavy atom. The molecule has 1 saturated carbocycles. The zero-order chi connectivity index (χ0) is 15.5. The van der Waals surface area contributed by atoms with Crippen LogP contribution in [0.3, 0.4) is 0 Å². The highest BCUT2D eigenvalue weighted by Crippen LogP contribution is 2.38. The van der Waals surface area contributed by atoms with Gasteiger partial charge in [0.15, 0.2) is 0 Å². The lowest BCUT2D eigenvalue weighted by Crippen LogP contribution is -2.33. The van der Waals surface area contributed by atoms with E-state index in [2.05, 4.69) is 21.2 Å². The first-order chi connectivity index (χ1) is 9.91. The summed E-state index contributed by atoms with van der Waals surface area (Å²) in [6, 6.07) is 5.87. The molecule has 0 atom stereocenters. The van der Waals surface area contributed by atoms with Gasteiger partial charge in [0, 0.05) is 28.9 Å². The molecule has 21 heavy (non-hydrogen) atoms. The van der Waals surface area contributed by atoms with Gasteiger partial charge in [0.1, 0.15) is 0 Å². The Hall–Kier alpha value is -0.750. The fourth-order valence-electron chi connectivity index (χ4n) is 2.77. The molecular formula is C15H19BrF3NO. The molecule has 0 radical (unpaired) electrons. The first-order valence-corrected chi connectivity index (χ1v) is 7.80. The van der Waals surface area contributed by atoms with Crippen LogP contribution < -0.4 is 5.32 Å². The van der Waals surface area contributed by atoms with Crippen molar-refractivity contribution in [3.63, 3.8) is 0 Å². The van der Waals surface area contributed by atoms with Crippen LogP contribution in [-0.4, -0.2) is 19.3 Å². The van der Waals surface area contributed by atoms with Gasteiger partial charge in [-0.25, -0.2) is 0 Å². The molecule has 0 saturated heterocycles. The molecule has 1 aromatic rings. The van der Waals surface area contributed by atoms with Gasteiger partial charge in [0.2, 0.25) is 0 Å². The van der Waals surface area contributed by atoms with E-state index < -0.39 is 12.1 Å². The molecule has 118 valence electrons. The highest BCUT2D eigenvalue weighted by molar-refractivity contribution is 9.10. The van der Waals surface area contributed by atoms with E-state index >= 15 is 0 Å². The Kier molecular flexibility index (Phi) is 5.54. The highest BCUT2D eigenvalue weighted by atomic mass is 79.9. The lowest BCUT2D eigenvalue weighted by atomic mass is 9.85. The van der Waals surface area contributed by atoms with Gasteiger partial charge in [-0.1, -0.05) is 22.0 Å². The van der Waals surface area contributed by atoms with Crippen LogP contribution >= 0.6 is 15.9 Å². The highest BCUT2D eigenvalue weighted by Gasteiger charge is 2.41. The van der Waals surface area contributed by atoms with Gasteiger partial charge >= 0.3 is 6.18 Å². The number of hydrogen-bond acceptors (Lipinski definition) is 2. The molecule has 0 unspecified atom stereocenters. The molecule has 1 fully saturated rings. The van der Waals surface area contributed by atoms with Crippen LogP contribution in [0.25, 0.3) is 0 Å². The first kappa shape index (κ1) is 16.6. The second-order valence-electron chi connectivity index (χ2n) is 5.43. The predicted molar refractivity (Wildman–Crippen MR) is 80.3 cm³/mol. The summed E-state index contributed by atoms with van der Waals surface area (Å²) >= 11 is 3.48. The average Bonchev–Trinajstić information content (AvgIpc) is 2.42. The number of rotatable bonds is 4. The van der Waals surface area contributed by atoms with Crippen molar-refractivity contribution in [3.05, 3.63) is 28.2 Å². The molecule has 6 heteroatoms. The minimum Gasteiger partial charge on any atom is -0.382 e. The van der Waals surface area contributed by atoms with Crippen molar-refractivity contribution in [1.82, 2.24) is 0 Å². The minimum absolute atomic E-state index is 0.0912. The van der Waals surface area contributed by atoms with Gasteiger partial charge in [-0.3, -0.25) is 0 Å². The summed E-state index contributed by atoms with van der Waals surface area (Å²) in [5.74, 6) is -1.14. The summed E-state index contributed by atoms with van der Waals surface area (Å²) in [5.41, 5.74) is 1.93. The number of alkyl halides is 3. The normalized spacial score (nSPS) is 23.1. The maximum absolute atomic E-state index is 12.7. The summed E-state index contributed by atoms with van der Waals surface area (Å²) < 4.78 is 44.1. The number of halogens is 4. The van der Waals surface area contributed by atoms with Gasteiger partial charge < -0.3 is 10.1 Å². The quantitative estimate of drug-likeness (QED) is 0.798. The van der Waals surface area contributed by atoms with E-state index in [1.54, 1.807) is 7.11 Å². The van der Waals surface area contributed by atoms with Crippen LogP contribution in [0.15, 0.2) is 22.7 Å². The number of ether oxygens (including phenoxy) is 1. The zero-order valence-corrected chi connectivity index (χ0v) is 13.4. The van der Waals surface area contributed by atoms with Gasteiger partial charge in [-0.2, -0.15) is 13.2 Å². The molecule has 0 aliphatic heterocycles. The standard InChI is InChI=1S/C15H19BrF3NO/c1-21-9-12-13(16)3-2-4-14(12)20-11-7-5-10(6-8-11)15(17,18)19/h2-4,10-11,20H,5-9H2,1H3. The Morgan fingerprint density at radius 1 is 1.24 bits per heavy atom. The Morgan fingerprint density at radius 2 is 1.90 bits per heavy atom. The molecule has 0 amide bonds. The SMILES string of the molecule is COCc1c(Br)cccc1NC1CCC(C(F)(F)F)CC1. The maximum atomic E-state index is 12.7. The largest absolute Gasteiger partial charge is 0.391 e. The second kappa shape index (κ2) is 7.01. The Labute approximate surface area is 131 Å². The lowest BCUT2D eigenvalue weighted by molar-refractivity contribution is -0.182. The zero-order valence-electron chi connectivity index (χ0n) is 11.8.